The summed E-state index contributed by atoms with van der Waals surface area (Å²) in [5.74, 6) is 1.84. The molecule has 1 saturated heterocycles. The van der Waals surface area contributed by atoms with Gasteiger partial charge in [0.2, 0.25) is 0 Å². The van der Waals surface area contributed by atoms with Gasteiger partial charge in [0.15, 0.2) is 0 Å². The van der Waals surface area contributed by atoms with Gasteiger partial charge in [0.1, 0.15) is 11.5 Å². The summed E-state index contributed by atoms with van der Waals surface area (Å²) >= 11 is 0. The van der Waals surface area contributed by atoms with Crippen molar-refractivity contribution in [3.05, 3.63) is 36.4 Å². The van der Waals surface area contributed by atoms with E-state index in [0.29, 0.717) is 0 Å². The number of hydrogen-bond donors (Lipinski definition) is 1. The first kappa shape index (κ1) is 16.9. The van der Waals surface area contributed by atoms with Crippen LogP contribution in [0.25, 0.3) is 0 Å². The van der Waals surface area contributed by atoms with E-state index < -0.39 is 0 Å². The standard InChI is InChI=1S/C19H29NO2/c1-3-9-17-16-18(21-2)10-11-19(17)22-15-8-7-14-20-12-5-4-6-13-20/h3,10-11,16H,1,4-9,12-15H2,2H3/p+1. The van der Waals surface area contributed by atoms with E-state index in [1.54, 1.807) is 12.0 Å². The number of methoxy groups -OCH3 is 1. The Hall–Kier alpha value is -1.48. The highest BCUT2D eigenvalue weighted by molar-refractivity contribution is 5.41. The summed E-state index contributed by atoms with van der Waals surface area (Å²) < 4.78 is 11.2. The van der Waals surface area contributed by atoms with Crippen LogP contribution >= 0.6 is 0 Å². The Balaban J connectivity index is 1.72. The molecule has 3 nitrogen and oxygen atoms in total. The van der Waals surface area contributed by atoms with E-state index in [4.69, 9.17) is 9.47 Å². The van der Waals surface area contributed by atoms with Gasteiger partial charge in [-0.2, -0.15) is 0 Å². The monoisotopic (exact) mass is 304 g/mol. The molecule has 1 fully saturated rings. The topological polar surface area (TPSA) is 22.9 Å². The number of benzene rings is 1. The number of allylic oxidation sites excluding steroid dienone is 1. The van der Waals surface area contributed by atoms with Crippen molar-refractivity contribution in [2.45, 2.75) is 38.5 Å². The van der Waals surface area contributed by atoms with Crippen molar-refractivity contribution in [1.29, 1.82) is 0 Å². The Morgan fingerprint density at radius 2 is 2.00 bits per heavy atom. The molecule has 3 heteroatoms. The lowest BCUT2D eigenvalue weighted by atomic mass is 10.1. The highest BCUT2D eigenvalue weighted by atomic mass is 16.5. The first-order chi connectivity index (χ1) is 10.8. The number of ether oxygens (including phenoxy) is 2. The van der Waals surface area contributed by atoms with Crippen LogP contribution in [0.2, 0.25) is 0 Å². The third-order valence-corrected chi connectivity index (χ3v) is 4.37. The fourth-order valence-corrected chi connectivity index (χ4v) is 3.10. The Morgan fingerprint density at radius 3 is 2.73 bits per heavy atom. The number of piperidine rings is 1. The van der Waals surface area contributed by atoms with E-state index in [1.165, 1.54) is 45.3 Å². The molecule has 122 valence electrons. The third-order valence-electron chi connectivity index (χ3n) is 4.37. The van der Waals surface area contributed by atoms with Crippen molar-refractivity contribution < 1.29 is 14.4 Å². The summed E-state index contributed by atoms with van der Waals surface area (Å²) in [7, 11) is 1.69. The SMILES string of the molecule is C=CCc1cc(OC)ccc1OCCCC[NH+]1CCCCC1. The smallest absolute Gasteiger partial charge is 0.123 e. The van der Waals surface area contributed by atoms with E-state index in [1.807, 2.05) is 24.3 Å². The number of unbranched alkanes of at least 4 members (excludes halogenated alkanes) is 1. The molecule has 1 aliphatic rings. The van der Waals surface area contributed by atoms with Crippen molar-refractivity contribution in [1.82, 2.24) is 0 Å². The molecule has 1 heterocycles. The summed E-state index contributed by atoms with van der Waals surface area (Å²) in [4.78, 5) is 1.78. The summed E-state index contributed by atoms with van der Waals surface area (Å²) in [5, 5.41) is 0. The molecule has 1 aromatic carbocycles. The summed E-state index contributed by atoms with van der Waals surface area (Å²) in [6.07, 6.45) is 9.33. The van der Waals surface area contributed by atoms with Crippen LogP contribution in [-0.4, -0.2) is 33.4 Å². The van der Waals surface area contributed by atoms with Crippen molar-refractivity contribution in [2.75, 3.05) is 33.4 Å². The Labute approximate surface area is 134 Å². The van der Waals surface area contributed by atoms with E-state index in [-0.39, 0.29) is 0 Å². The maximum atomic E-state index is 5.97. The average Bonchev–Trinajstić information content (AvgIpc) is 2.57. The van der Waals surface area contributed by atoms with Gasteiger partial charge in [0.25, 0.3) is 0 Å². The fraction of sp³-hybridized carbons (Fsp3) is 0.579. The number of nitrogens with one attached hydrogen (secondary N) is 1. The van der Waals surface area contributed by atoms with Crippen molar-refractivity contribution in [3.8, 4) is 11.5 Å². The van der Waals surface area contributed by atoms with Crippen LogP contribution in [0.1, 0.15) is 37.7 Å². The molecular formula is C19H30NO2+. The van der Waals surface area contributed by atoms with E-state index in [2.05, 4.69) is 6.58 Å². The van der Waals surface area contributed by atoms with Gasteiger partial charge in [0, 0.05) is 5.56 Å². The minimum Gasteiger partial charge on any atom is -0.497 e. The summed E-state index contributed by atoms with van der Waals surface area (Å²) in [6, 6.07) is 6.00. The highest BCUT2D eigenvalue weighted by Crippen LogP contribution is 2.25. The van der Waals surface area contributed by atoms with Gasteiger partial charge >= 0.3 is 0 Å². The average molecular weight is 304 g/mol. The molecule has 22 heavy (non-hydrogen) atoms. The quantitative estimate of drug-likeness (QED) is 0.560. The minimum atomic E-state index is 0.795. The molecule has 1 aliphatic heterocycles. The Kier molecular flexibility index (Phi) is 7.31. The molecule has 0 aliphatic carbocycles. The second kappa shape index (κ2) is 9.52. The van der Waals surface area contributed by atoms with Crippen LogP contribution in [0.15, 0.2) is 30.9 Å². The molecule has 1 aromatic rings. The predicted molar refractivity (Wildman–Crippen MR) is 91.0 cm³/mol. The lowest BCUT2D eigenvalue weighted by Crippen LogP contribution is -3.12. The minimum absolute atomic E-state index is 0.795. The van der Waals surface area contributed by atoms with Crippen LogP contribution in [0, 0.1) is 0 Å². The van der Waals surface area contributed by atoms with Gasteiger partial charge in [-0.1, -0.05) is 6.08 Å². The molecule has 0 bridgehead atoms. The summed E-state index contributed by atoms with van der Waals surface area (Å²) in [6.45, 7) is 8.64. The molecule has 1 N–H and O–H groups in total. The number of rotatable bonds is 9. The number of hydrogen-bond acceptors (Lipinski definition) is 2. The zero-order chi connectivity index (χ0) is 15.6. The highest BCUT2D eigenvalue weighted by Gasteiger charge is 2.12. The third kappa shape index (κ3) is 5.38. The maximum absolute atomic E-state index is 5.97. The van der Waals surface area contributed by atoms with Crippen molar-refractivity contribution in [2.24, 2.45) is 0 Å². The van der Waals surface area contributed by atoms with Gasteiger partial charge in [-0.3, -0.25) is 0 Å². The number of likely N-dealkylation sites (tertiary alicyclic amines) is 1. The molecule has 0 aromatic heterocycles. The normalized spacial score (nSPS) is 15.5. The van der Waals surface area contributed by atoms with Crippen LogP contribution in [0.5, 0.6) is 11.5 Å². The van der Waals surface area contributed by atoms with Gasteiger partial charge in [-0.05, 0) is 56.7 Å². The molecule has 0 atom stereocenters. The van der Waals surface area contributed by atoms with Crippen molar-refractivity contribution in [3.63, 3.8) is 0 Å². The van der Waals surface area contributed by atoms with Gasteiger partial charge in [-0.15, -0.1) is 6.58 Å². The number of quaternary nitrogens is 1. The van der Waals surface area contributed by atoms with Crippen LogP contribution in [-0.2, 0) is 6.42 Å². The maximum Gasteiger partial charge on any atom is 0.123 e. The van der Waals surface area contributed by atoms with E-state index in [9.17, 15) is 0 Å². The molecule has 0 radical (unpaired) electrons. The second-order valence-electron chi connectivity index (χ2n) is 6.08. The Bertz CT molecular complexity index is 453. The Morgan fingerprint density at radius 1 is 1.18 bits per heavy atom. The molecule has 0 saturated carbocycles. The molecule has 2 rings (SSSR count). The van der Waals surface area contributed by atoms with Crippen LogP contribution < -0.4 is 14.4 Å². The molecule has 0 spiro atoms. The lowest BCUT2D eigenvalue weighted by molar-refractivity contribution is -0.905. The van der Waals surface area contributed by atoms with E-state index in [0.717, 1.165) is 36.5 Å². The van der Waals surface area contributed by atoms with E-state index >= 15 is 0 Å². The zero-order valence-corrected chi connectivity index (χ0v) is 13.9. The second-order valence-corrected chi connectivity index (χ2v) is 6.08. The molecular weight excluding hydrogens is 274 g/mol. The zero-order valence-electron chi connectivity index (χ0n) is 13.9. The van der Waals surface area contributed by atoms with Crippen molar-refractivity contribution >= 4 is 0 Å². The predicted octanol–water partition coefficient (Wildman–Crippen LogP) is 2.65. The largest absolute Gasteiger partial charge is 0.497 e. The van der Waals surface area contributed by atoms with Gasteiger partial charge < -0.3 is 14.4 Å². The molecule has 0 amide bonds. The first-order valence-electron chi connectivity index (χ1n) is 8.57. The lowest BCUT2D eigenvalue weighted by Gasteiger charge is -2.23. The fourth-order valence-electron chi connectivity index (χ4n) is 3.10. The summed E-state index contributed by atoms with van der Waals surface area (Å²) in [5.41, 5.74) is 1.15. The van der Waals surface area contributed by atoms with Crippen LogP contribution in [0.4, 0.5) is 0 Å². The van der Waals surface area contributed by atoms with Gasteiger partial charge in [-0.25, -0.2) is 0 Å². The molecule has 0 unspecified atom stereocenters. The first-order valence-corrected chi connectivity index (χ1v) is 8.57. The van der Waals surface area contributed by atoms with Gasteiger partial charge in [0.05, 0.1) is 33.4 Å². The van der Waals surface area contributed by atoms with Crippen LogP contribution in [0.3, 0.4) is 0 Å².